The van der Waals surface area contributed by atoms with E-state index in [-0.39, 0.29) is 5.91 Å². The van der Waals surface area contributed by atoms with E-state index < -0.39 is 0 Å². The molecule has 4 heterocycles. The SMILES string of the molecule is Cc1c(C(=O)N2CCCCCC2)sc2ncnc(NCc3ccccn3)c12. The third kappa shape index (κ3) is 3.78. The maximum Gasteiger partial charge on any atom is 0.264 e. The number of rotatable bonds is 4. The molecule has 1 fully saturated rings. The van der Waals surface area contributed by atoms with Gasteiger partial charge in [0, 0.05) is 19.3 Å². The highest BCUT2D eigenvalue weighted by Gasteiger charge is 2.24. The molecule has 1 aliphatic rings. The lowest BCUT2D eigenvalue weighted by Gasteiger charge is -2.19. The summed E-state index contributed by atoms with van der Waals surface area (Å²) in [5.74, 6) is 0.891. The molecule has 1 N–H and O–H groups in total. The number of likely N-dealkylation sites (tertiary alicyclic amines) is 1. The number of hydrogen-bond donors (Lipinski definition) is 1. The van der Waals surface area contributed by atoms with Gasteiger partial charge in [-0.2, -0.15) is 0 Å². The van der Waals surface area contributed by atoms with E-state index in [4.69, 9.17) is 0 Å². The van der Waals surface area contributed by atoms with Gasteiger partial charge in [0.05, 0.1) is 22.5 Å². The number of carbonyl (C=O) groups excluding carboxylic acids is 1. The molecular formula is C20H23N5OS. The Hall–Kier alpha value is -2.54. The van der Waals surface area contributed by atoms with Gasteiger partial charge < -0.3 is 10.2 Å². The van der Waals surface area contributed by atoms with Crippen molar-refractivity contribution in [3.05, 3.63) is 46.9 Å². The van der Waals surface area contributed by atoms with E-state index >= 15 is 0 Å². The van der Waals surface area contributed by atoms with Crippen LogP contribution in [-0.4, -0.2) is 38.8 Å². The molecule has 3 aromatic rings. The van der Waals surface area contributed by atoms with Gasteiger partial charge in [0.25, 0.3) is 5.91 Å². The predicted molar refractivity (Wildman–Crippen MR) is 108 cm³/mol. The van der Waals surface area contributed by atoms with Crippen molar-refractivity contribution >= 4 is 33.3 Å². The minimum Gasteiger partial charge on any atom is -0.364 e. The molecule has 0 bridgehead atoms. The summed E-state index contributed by atoms with van der Waals surface area (Å²) in [6.07, 6.45) is 7.93. The summed E-state index contributed by atoms with van der Waals surface area (Å²) in [7, 11) is 0. The zero-order valence-corrected chi connectivity index (χ0v) is 16.3. The van der Waals surface area contributed by atoms with Crippen LogP contribution in [0.25, 0.3) is 10.2 Å². The van der Waals surface area contributed by atoms with Crippen molar-refractivity contribution in [1.29, 1.82) is 0 Å². The normalized spacial score (nSPS) is 14.9. The Morgan fingerprint density at radius 1 is 1.15 bits per heavy atom. The van der Waals surface area contributed by atoms with Gasteiger partial charge in [-0.1, -0.05) is 18.9 Å². The van der Waals surface area contributed by atoms with Crippen molar-refractivity contribution in [3.63, 3.8) is 0 Å². The number of thiophene rings is 1. The highest BCUT2D eigenvalue weighted by Crippen LogP contribution is 2.34. The number of aromatic nitrogens is 3. The van der Waals surface area contributed by atoms with Crippen LogP contribution < -0.4 is 5.32 Å². The number of fused-ring (bicyclic) bond motifs is 1. The van der Waals surface area contributed by atoms with E-state index in [0.717, 1.165) is 58.1 Å². The van der Waals surface area contributed by atoms with Crippen LogP contribution in [0, 0.1) is 6.92 Å². The number of amides is 1. The first-order valence-electron chi connectivity index (χ1n) is 9.41. The van der Waals surface area contributed by atoms with Crippen LogP contribution in [0.15, 0.2) is 30.7 Å². The van der Waals surface area contributed by atoms with Crippen molar-refractivity contribution in [2.45, 2.75) is 39.2 Å². The summed E-state index contributed by atoms with van der Waals surface area (Å²) < 4.78 is 0. The molecule has 0 aromatic carbocycles. The molecule has 3 aromatic heterocycles. The molecule has 0 aliphatic carbocycles. The van der Waals surface area contributed by atoms with Crippen LogP contribution >= 0.6 is 11.3 Å². The lowest BCUT2D eigenvalue weighted by molar-refractivity contribution is 0.0766. The number of pyridine rings is 1. The Kier molecular flexibility index (Phi) is 5.29. The highest BCUT2D eigenvalue weighted by atomic mass is 32.1. The maximum absolute atomic E-state index is 13.1. The van der Waals surface area contributed by atoms with E-state index in [9.17, 15) is 4.79 Å². The second kappa shape index (κ2) is 8.00. The highest BCUT2D eigenvalue weighted by molar-refractivity contribution is 7.20. The summed E-state index contributed by atoms with van der Waals surface area (Å²) in [5, 5.41) is 4.30. The topological polar surface area (TPSA) is 71.0 Å². The Labute approximate surface area is 162 Å². The van der Waals surface area contributed by atoms with Crippen LogP contribution in [0.3, 0.4) is 0 Å². The molecule has 0 spiro atoms. The van der Waals surface area contributed by atoms with Gasteiger partial charge >= 0.3 is 0 Å². The van der Waals surface area contributed by atoms with E-state index in [1.165, 1.54) is 24.2 Å². The summed E-state index contributed by atoms with van der Waals surface area (Å²) in [4.78, 5) is 29.9. The fourth-order valence-corrected chi connectivity index (χ4v) is 4.62. The number of nitrogens with one attached hydrogen (secondary N) is 1. The van der Waals surface area contributed by atoms with Crippen LogP contribution in [0.4, 0.5) is 5.82 Å². The van der Waals surface area contributed by atoms with Gasteiger partial charge in [-0.3, -0.25) is 9.78 Å². The van der Waals surface area contributed by atoms with Gasteiger partial charge in [-0.05, 0) is 37.5 Å². The minimum atomic E-state index is 0.132. The van der Waals surface area contributed by atoms with Gasteiger partial charge in [0.15, 0.2) is 0 Å². The van der Waals surface area contributed by atoms with Gasteiger partial charge in [0.2, 0.25) is 0 Å². The number of carbonyl (C=O) groups is 1. The Bertz CT molecular complexity index is 932. The minimum absolute atomic E-state index is 0.132. The molecule has 7 heteroatoms. The fourth-order valence-electron chi connectivity index (χ4n) is 3.50. The lowest BCUT2D eigenvalue weighted by Crippen LogP contribution is -2.31. The first-order valence-corrected chi connectivity index (χ1v) is 10.2. The van der Waals surface area contributed by atoms with Crippen LogP contribution in [-0.2, 0) is 6.54 Å². The smallest absolute Gasteiger partial charge is 0.264 e. The van der Waals surface area contributed by atoms with E-state index in [1.54, 1.807) is 12.5 Å². The quantitative estimate of drug-likeness (QED) is 0.739. The van der Waals surface area contributed by atoms with Crippen molar-refractivity contribution in [2.75, 3.05) is 18.4 Å². The van der Waals surface area contributed by atoms with Gasteiger partial charge in [0.1, 0.15) is 17.0 Å². The fraction of sp³-hybridized carbons (Fsp3) is 0.400. The Morgan fingerprint density at radius 2 is 1.96 bits per heavy atom. The molecule has 1 saturated heterocycles. The first kappa shape index (κ1) is 17.9. The number of hydrogen-bond acceptors (Lipinski definition) is 6. The molecular weight excluding hydrogens is 358 g/mol. The molecule has 0 atom stereocenters. The molecule has 1 aliphatic heterocycles. The molecule has 0 radical (unpaired) electrons. The predicted octanol–water partition coefficient (Wildman–Crippen LogP) is 4.02. The number of aryl methyl sites for hydroxylation is 1. The van der Waals surface area contributed by atoms with Crippen LogP contribution in [0.2, 0.25) is 0 Å². The monoisotopic (exact) mass is 381 g/mol. The second-order valence-electron chi connectivity index (χ2n) is 6.84. The third-order valence-electron chi connectivity index (χ3n) is 4.98. The largest absolute Gasteiger partial charge is 0.364 e. The molecule has 0 saturated carbocycles. The molecule has 140 valence electrons. The standard InChI is InChI=1S/C20H23N5OS/c1-14-16-18(22-12-15-8-4-5-9-21-15)23-13-24-19(16)27-17(14)20(26)25-10-6-2-3-7-11-25/h4-5,8-9,13H,2-3,6-7,10-12H2,1H3,(H,22,23,24). The third-order valence-corrected chi connectivity index (χ3v) is 6.17. The molecule has 4 rings (SSSR count). The number of nitrogens with zero attached hydrogens (tertiary/aromatic N) is 4. The number of anilines is 1. The second-order valence-corrected chi connectivity index (χ2v) is 7.84. The van der Waals surface area contributed by atoms with E-state index in [0.29, 0.717) is 6.54 Å². The van der Waals surface area contributed by atoms with Crippen molar-refractivity contribution in [2.24, 2.45) is 0 Å². The van der Waals surface area contributed by atoms with Crippen molar-refractivity contribution < 1.29 is 4.79 Å². The zero-order valence-electron chi connectivity index (χ0n) is 15.4. The average molecular weight is 382 g/mol. The van der Waals surface area contributed by atoms with E-state index in [2.05, 4.69) is 20.3 Å². The summed E-state index contributed by atoms with van der Waals surface area (Å²) >= 11 is 1.47. The molecule has 1 amide bonds. The zero-order chi connectivity index (χ0) is 18.6. The maximum atomic E-state index is 13.1. The van der Waals surface area contributed by atoms with Crippen LogP contribution in [0.5, 0.6) is 0 Å². The molecule has 6 nitrogen and oxygen atoms in total. The Morgan fingerprint density at radius 3 is 2.70 bits per heavy atom. The lowest BCUT2D eigenvalue weighted by atomic mass is 10.2. The van der Waals surface area contributed by atoms with Crippen molar-refractivity contribution in [1.82, 2.24) is 19.9 Å². The molecule has 27 heavy (non-hydrogen) atoms. The summed E-state index contributed by atoms with van der Waals surface area (Å²) in [6.45, 7) is 4.28. The summed E-state index contributed by atoms with van der Waals surface area (Å²) in [6, 6.07) is 5.84. The average Bonchev–Trinajstić information content (AvgIpc) is 2.88. The van der Waals surface area contributed by atoms with Crippen LogP contribution in [0.1, 0.15) is 46.6 Å². The summed E-state index contributed by atoms with van der Waals surface area (Å²) in [5.41, 5.74) is 1.91. The van der Waals surface area contributed by atoms with Gasteiger partial charge in [-0.15, -0.1) is 11.3 Å². The van der Waals surface area contributed by atoms with Gasteiger partial charge in [-0.25, -0.2) is 9.97 Å². The van der Waals surface area contributed by atoms with Crippen molar-refractivity contribution in [3.8, 4) is 0 Å². The molecule has 0 unspecified atom stereocenters. The Balaban J connectivity index is 1.62. The van der Waals surface area contributed by atoms with E-state index in [1.807, 2.05) is 30.0 Å². The first-order chi connectivity index (χ1) is 13.2.